The van der Waals surface area contributed by atoms with Gasteiger partial charge in [0.2, 0.25) is 0 Å². The maximum Gasteiger partial charge on any atom is 0.0827 e. The van der Waals surface area contributed by atoms with Crippen LogP contribution in [0.25, 0.3) is 0 Å². The van der Waals surface area contributed by atoms with Gasteiger partial charge in [-0.2, -0.15) is 0 Å². The number of aromatic nitrogens is 3. The fourth-order valence-electron chi connectivity index (χ4n) is 1.24. The molecule has 0 unspecified atom stereocenters. The lowest BCUT2D eigenvalue weighted by Gasteiger charge is -1.94. The van der Waals surface area contributed by atoms with E-state index < -0.39 is 0 Å². The van der Waals surface area contributed by atoms with Crippen molar-refractivity contribution in [1.29, 1.82) is 0 Å². The molecule has 0 atom stereocenters. The van der Waals surface area contributed by atoms with Crippen LogP contribution in [-0.2, 0) is 13.5 Å². The van der Waals surface area contributed by atoms with Crippen molar-refractivity contribution in [3.8, 4) is 0 Å². The van der Waals surface area contributed by atoms with Crippen LogP contribution in [0.1, 0.15) is 38.3 Å². The molecule has 0 saturated carbocycles. The van der Waals surface area contributed by atoms with Crippen LogP contribution in [0.2, 0.25) is 0 Å². The highest BCUT2D eigenvalue weighted by atomic mass is 15.4. The third kappa shape index (κ3) is 3.03. The van der Waals surface area contributed by atoms with Gasteiger partial charge in [0.05, 0.1) is 5.69 Å². The minimum absolute atomic E-state index is 1.08. The zero-order valence-electron chi connectivity index (χ0n) is 7.95. The summed E-state index contributed by atoms with van der Waals surface area (Å²) < 4.78 is 1.76. The predicted molar refractivity (Wildman–Crippen MR) is 48.8 cm³/mol. The minimum Gasteiger partial charge on any atom is -0.255 e. The molecule has 0 aromatic carbocycles. The molecule has 1 rings (SSSR count). The molecule has 0 saturated heterocycles. The Bertz CT molecular complexity index is 217. The summed E-state index contributed by atoms with van der Waals surface area (Å²) in [5, 5.41) is 7.91. The number of unbranched alkanes of at least 4 members (excludes halogenated alkanes) is 3. The van der Waals surface area contributed by atoms with Crippen LogP contribution < -0.4 is 0 Å². The first kappa shape index (κ1) is 9.23. The fourth-order valence-corrected chi connectivity index (χ4v) is 1.24. The summed E-state index contributed by atoms with van der Waals surface area (Å²) in [4.78, 5) is 0. The summed E-state index contributed by atoms with van der Waals surface area (Å²) in [6, 6.07) is 0. The van der Waals surface area contributed by atoms with Gasteiger partial charge in [0.25, 0.3) is 0 Å². The molecule has 0 amide bonds. The van der Waals surface area contributed by atoms with Crippen molar-refractivity contribution in [3.05, 3.63) is 11.9 Å². The van der Waals surface area contributed by atoms with Crippen molar-refractivity contribution in [2.75, 3.05) is 0 Å². The Hall–Kier alpha value is -0.860. The first-order chi connectivity index (χ1) is 5.83. The molecule has 1 aromatic heterocycles. The zero-order valence-corrected chi connectivity index (χ0v) is 7.95. The van der Waals surface area contributed by atoms with Gasteiger partial charge in [-0.15, -0.1) is 5.10 Å². The van der Waals surface area contributed by atoms with Crippen LogP contribution in [0, 0.1) is 0 Å². The normalized spacial score (nSPS) is 10.5. The maximum atomic E-state index is 4.03. The second-order valence-corrected chi connectivity index (χ2v) is 3.19. The Balaban J connectivity index is 2.15. The van der Waals surface area contributed by atoms with E-state index in [2.05, 4.69) is 17.2 Å². The Morgan fingerprint density at radius 3 is 2.75 bits per heavy atom. The molecule has 0 aliphatic heterocycles. The van der Waals surface area contributed by atoms with Crippen LogP contribution in [-0.4, -0.2) is 15.0 Å². The Kier molecular flexibility index (Phi) is 3.77. The van der Waals surface area contributed by atoms with Crippen molar-refractivity contribution in [2.24, 2.45) is 7.05 Å². The largest absolute Gasteiger partial charge is 0.255 e. The van der Waals surface area contributed by atoms with Crippen molar-refractivity contribution in [3.63, 3.8) is 0 Å². The van der Waals surface area contributed by atoms with Crippen molar-refractivity contribution < 1.29 is 0 Å². The maximum absolute atomic E-state index is 4.03. The average Bonchev–Trinajstić information content (AvgIpc) is 2.45. The first-order valence-electron chi connectivity index (χ1n) is 4.68. The Labute approximate surface area is 73.8 Å². The van der Waals surface area contributed by atoms with Gasteiger partial charge in [-0.3, -0.25) is 4.68 Å². The zero-order chi connectivity index (χ0) is 8.81. The number of aryl methyl sites for hydroxylation is 2. The van der Waals surface area contributed by atoms with Crippen LogP contribution in [0.5, 0.6) is 0 Å². The molecule has 0 N–H and O–H groups in total. The third-order valence-corrected chi connectivity index (χ3v) is 1.94. The molecule has 0 aliphatic carbocycles. The van der Waals surface area contributed by atoms with Gasteiger partial charge >= 0.3 is 0 Å². The molecule has 0 spiro atoms. The second kappa shape index (κ2) is 4.91. The molecule has 1 aromatic rings. The fraction of sp³-hybridized carbons (Fsp3) is 0.778. The van der Waals surface area contributed by atoms with Crippen LogP contribution in [0.4, 0.5) is 0 Å². The van der Waals surface area contributed by atoms with E-state index in [1.807, 2.05) is 13.2 Å². The van der Waals surface area contributed by atoms with Gasteiger partial charge in [0.15, 0.2) is 0 Å². The number of hydrogen-bond donors (Lipinski definition) is 0. The molecule has 1 heterocycles. The third-order valence-electron chi connectivity index (χ3n) is 1.94. The predicted octanol–water partition coefficient (Wildman–Crippen LogP) is 1.94. The molecule has 68 valence electrons. The molecular weight excluding hydrogens is 150 g/mol. The van der Waals surface area contributed by atoms with E-state index in [4.69, 9.17) is 0 Å². The number of rotatable bonds is 5. The number of hydrogen-bond acceptors (Lipinski definition) is 2. The van der Waals surface area contributed by atoms with E-state index in [1.165, 1.54) is 25.7 Å². The highest BCUT2D eigenvalue weighted by Gasteiger charge is 1.96. The van der Waals surface area contributed by atoms with E-state index in [0.29, 0.717) is 0 Å². The summed E-state index contributed by atoms with van der Waals surface area (Å²) in [5.41, 5.74) is 1.12. The van der Waals surface area contributed by atoms with Crippen LogP contribution in [0.3, 0.4) is 0 Å². The lowest BCUT2D eigenvalue weighted by Crippen LogP contribution is -1.85. The summed E-state index contributed by atoms with van der Waals surface area (Å²) in [6.45, 7) is 2.22. The summed E-state index contributed by atoms with van der Waals surface area (Å²) in [5.74, 6) is 0. The van der Waals surface area contributed by atoms with E-state index in [-0.39, 0.29) is 0 Å². The van der Waals surface area contributed by atoms with Crippen LogP contribution in [0.15, 0.2) is 6.20 Å². The molecule has 3 nitrogen and oxygen atoms in total. The first-order valence-corrected chi connectivity index (χ1v) is 4.68. The summed E-state index contributed by atoms with van der Waals surface area (Å²) >= 11 is 0. The summed E-state index contributed by atoms with van der Waals surface area (Å²) in [7, 11) is 1.91. The average molecular weight is 167 g/mol. The van der Waals surface area contributed by atoms with Crippen molar-refractivity contribution >= 4 is 0 Å². The highest BCUT2D eigenvalue weighted by Crippen LogP contribution is 2.04. The molecule has 0 radical (unpaired) electrons. The Morgan fingerprint density at radius 2 is 2.17 bits per heavy atom. The van der Waals surface area contributed by atoms with Crippen molar-refractivity contribution in [1.82, 2.24) is 15.0 Å². The SMILES string of the molecule is CCCCCCc1cn(C)nn1. The monoisotopic (exact) mass is 167 g/mol. The van der Waals surface area contributed by atoms with Gasteiger partial charge in [0.1, 0.15) is 0 Å². The molecule has 0 aliphatic rings. The quantitative estimate of drug-likeness (QED) is 0.627. The standard InChI is InChI=1S/C9H17N3/c1-3-4-5-6-7-9-8-12(2)11-10-9/h8H,3-7H2,1-2H3. The summed E-state index contributed by atoms with van der Waals surface area (Å²) in [6.07, 6.45) is 8.25. The number of nitrogens with zero attached hydrogens (tertiary/aromatic N) is 3. The van der Waals surface area contributed by atoms with E-state index in [1.54, 1.807) is 4.68 Å². The van der Waals surface area contributed by atoms with E-state index >= 15 is 0 Å². The highest BCUT2D eigenvalue weighted by molar-refractivity contribution is 4.91. The molecule has 12 heavy (non-hydrogen) atoms. The second-order valence-electron chi connectivity index (χ2n) is 3.19. The van der Waals surface area contributed by atoms with E-state index in [9.17, 15) is 0 Å². The molecule has 0 fully saturated rings. The smallest absolute Gasteiger partial charge is 0.0827 e. The molecular formula is C9H17N3. The molecule has 3 heteroatoms. The van der Waals surface area contributed by atoms with Gasteiger partial charge in [-0.05, 0) is 12.8 Å². The molecule has 0 bridgehead atoms. The Morgan fingerprint density at radius 1 is 1.33 bits per heavy atom. The van der Waals surface area contributed by atoms with Gasteiger partial charge in [0, 0.05) is 13.2 Å². The lowest BCUT2D eigenvalue weighted by molar-refractivity contribution is 0.658. The minimum atomic E-state index is 1.08. The van der Waals surface area contributed by atoms with Gasteiger partial charge in [-0.1, -0.05) is 31.4 Å². The topological polar surface area (TPSA) is 30.7 Å². The van der Waals surface area contributed by atoms with Crippen LogP contribution >= 0.6 is 0 Å². The van der Waals surface area contributed by atoms with Crippen molar-refractivity contribution in [2.45, 2.75) is 39.0 Å². The van der Waals surface area contributed by atoms with E-state index in [0.717, 1.165) is 12.1 Å². The van der Waals surface area contributed by atoms with Gasteiger partial charge in [-0.25, -0.2) is 0 Å². The van der Waals surface area contributed by atoms with Gasteiger partial charge < -0.3 is 0 Å². The lowest BCUT2D eigenvalue weighted by atomic mass is 10.1.